The van der Waals surface area contributed by atoms with Gasteiger partial charge in [-0.05, 0) is 31.0 Å². The Bertz CT molecular complexity index is 407. The number of rotatable bonds is 2. The fraction of sp³-hybridized carbons (Fsp3) is 0.500. The Balaban J connectivity index is 2.14. The van der Waals surface area contributed by atoms with E-state index in [1.807, 2.05) is 0 Å². The average Bonchev–Trinajstić information content (AvgIpc) is 2.60. The van der Waals surface area contributed by atoms with Crippen molar-refractivity contribution in [3.63, 3.8) is 0 Å². The second-order valence-corrected chi connectivity index (χ2v) is 5.50. The molecular formula is C14H16Cl2O. The molecule has 1 aromatic rings. The molecule has 0 aliphatic heterocycles. The molecule has 17 heavy (non-hydrogen) atoms. The monoisotopic (exact) mass is 270 g/mol. The van der Waals surface area contributed by atoms with Crippen LogP contribution < -0.4 is 0 Å². The largest absolute Gasteiger partial charge is 0.294 e. The SMILES string of the molecule is O=C(c1ccc(Cl)c(Cl)c1)C1CCCCCC1. The minimum absolute atomic E-state index is 0.176. The van der Waals surface area contributed by atoms with Crippen molar-refractivity contribution in [2.24, 2.45) is 5.92 Å². The highest BCUT2D eigenvalue weighted by Gasteiger charge is 2.21. The first-order valence-corrected chi connectivity index (χ1v) is 6.93. The predicted molar refractivity (Wildman–Crippen MR) is 72.0 cm³/mol. The van der Waals surface area contributed by atoms with Crippen LogP contribution in [0.3, 0.4) is 0 Å². The Kier molecular flexibility index (Phi) is 4.47. The quantitative estimate of drug-likeness (QED) is 0.537. The molecule has 0 spiro atoms. The molecule has 3 heteroatoms. The van der Waals surface area contributed by atoms with E-state index < -0.39 is 0 Å². The van der Waals surface area contributed by atoms with Crippen molar-refractivity contribution in [2.45, 2.75) is 38.5 Å². The molecule has 1 fully saturated rings. The Morgan fingerprint density at radius 1 is 1.00 bits per heavy atom. The van der Waals surface area contributed by atoms with E-state index in [0.717, 1.165) is 25.7 Å². The minimum Gasteiger partial charge on any atom is -0.294 e. The Morgan fingerprint density at radius 3 is 2.24 bits per heavy atom. The van der Waals surface area contributed by atoms with Gasteiger partial charge in [-0.25, -0.2) is 0 Å². The third-order valence-corrected chi connectivity index (χ3v) is 4.17. The second kappa shape index (κ2) is 5.88. The fourth-order valence-electron chi connectivity index (χ4n) is 2.43. The van der Waals surface area contributed by atoms with Crippen molar-refractivity contribution in [3.8, 4) is 0 Å². The first-order valence-electron chi connectivity index (χ1n) is 6.18. The van der Waals surface area contributed by atoms with Crippen molar-refractivity contribution in [2.75, 3.05) is 0 Å². The molecule has 0 atom stereocenters. The van der Waals surface area contributed by atoms with Gasteiger partial charge >= 0.3 is 0 Å². The third kappa shape index (κ3) is 3.23. The summed E-state index contributed by atoms with van der Waals surface area (Å²) in [5.74, 6) is 0.403. The molecule has 0 unspecified atom stereocenters. The highest BCUT2D eigenvalue weighted by Crippen LogP contribution is 2.28. The van der Waals surface area contributed by atoms with Crippen molar-refractivity contribution < 1.29 is 4.79 Å². The number of benzene rings is 1. The molecule has 0 bridgehead atoms. The number of carbonyl (C=O) groups is 1. The topological polar surface area (TPSA) is 17.1 Å². The van der Waals surface area contributed by atoms with E-state index in [1.54, 1.807) is 18.2 Å². The number of ketones is 1. The maximum absolute atomic E-state index is 12.3. The third-order valence-electron chi connectivity index (χ3n) is 3.43. The summed E-state index contributed by atoms with van der Waals surface area (Å²) in [7, 11) is 0. The molecule has 0 saturated heterocycles. The van der Waals surface area contributed by atoms with Crippen LogP contribution in [0.2, 0.25) is 10.0 Å². The number of carbonyl (C=O) groups excluding carboxylic acids is 1. The molecule has 1 aliphatic carbocycles. The molecule has 1 aliphatic rings. The molecule has 0 radical (unpaired) electrons. The van der Waals surface area contributed by atoms with Gasteiger partial charge in [0.1, 0.15) is 0 Å². The van der Waals surface area contributed by atoms with Gasteiger partial charge in [0, 0.05) is 11.5 Å². The van der Waals surface area contributed by atoms with E-state index in [4.69, 9.17) is 23.2 Å². The van der Waals surface area contributed by atoms with Gasteiger partial charge in [-0.2, -0.15) is 0 Å². The van der Waals surface area contributed by atoms with Crippen LogP contribution in [0.1, 0.15) is 48.9 Å². The Labute approximate surface area is 112 Å². The summed E-state index contributed by atoms with van der Waals surface area (Å²) in [6, 6.07) is 5.17. The van der Waals surface area contributed by atoms with Gasteiger partial charge in [-0.3, -0.25) is 4.79 Å². The van der Waals surface area contributed by atoms with Crippen LogP contribution in [-0.4, -0.2) is 5.78 Å². The van der Waals surface area contributed by atoms with Crippen LogP contribution in [0.25, 0.3) is 0 Å². The van der Waals surface area contributed by atoms with Crippen LogP contribution in [-0.2, 0) is 0 Å². The Hall–Kier alpha value is -0.530. The summed E-state index contributed by atoms with van der Waals surface area (Å²) in [5, 5.41) is 0.968. The van der Waals surface area contributed by atoms with Crippen LogP contribution in [0, 0.1) is 5.92 Å². The number of halogens is 2. The molecule has 2 rings (SSSR count). The average molecular weight is 271 g/mol. The van der Waals surface area contributed by atoms with E-state index >= 15 is 0 Å². The zero-order valence-corrected chi connectivity index (χ0v) is 11.2. The molecule has 1 aromatic carbocycles. The summed E-state index contributed by atoms with van der Waals surface area (Å²) in [5.41, 5.74) is 0.700. The van der Waals surface area contributed by atoms with Gasteiger partial charge in [0.2, 0.25) is 0 Å². The molecular weight excluding hydrogens is 255 g/mol. The molecule has 1 nitrogen and oxygen atoms in total. The normalized spacial score (nSPS) is 17.8. The van der Waals surface area contributed by atoms with Gasteiger partial charge in [0.15, 0.2) is 5.78 Å². The lowest BCUT2D eigenvalue weighted by atomic mass is 9.91. The highest BCUT2D eigenvalue weighted by molar-refractivity contribution is 6.42. The summed E-state index contributed by atoms with van der Waals surface area (Å²) >= 11 is 11.8. The molecule has 1 saturated carbocycles. The van der Waals surface area contributed by atoms with Crippen LogP contribution in [0.15, 0.2) is 18.2 Å². The lowest BCUT2D eigenvalue weighted by Gasteiger charge is -2.13. The van der Waals surface area contributed by atoms with E-state index in [9.17, 15) is 4.79 Å². The van der Waals surface area contributed by atoms with Crippen molar-refractivity contribution in [1.82, 2.24) is 0 Å². The second-order valence-electron chi connectivity index (χ2n) is 4.68. The number of Topliss-reactive ketones (excluding diaryl/α,β-unsaturated/α-hetero) is 1. The smallest absolute Gasteiger partial charge is 0.165 e. The van der Waals surface area contributed by atoms with Gasteiger partial charge in [0.05, 0.1) is 10.0 Å². The predicted octanol–water partition coefficient (Wildman–Crippen LogP) is 5.15. The number of hydrogen-bond donors (Lipinski definition) is 0. The zero-order valence-electron chi connectivity index (χ0n) is 9.72. The number of hydrogen-bond acceptors (Lipinski definition) is 1. The van der Waals surface area contributed by atoms with Crippen molar-refractivity contribution in [3.05, 3.63) is 33.8 Å². The first kappa shape index (κ1) is 12.9. The van der Waals surface area contributed by atoms with Gasteiger partial charge < -0.3 is 0 Å². The van der Waals surface area contributed by atoms with Crippen molar-refractivity contribution in [1.29, 1.82) is 0 Å². The zero-order chi connectivity index (χ0) is 12.3. The Morgan fingerprint density at radius 2 is 1.65 bits per heavy atom. The van der Waals surface area contributed by atoms with Gasteiger partial charge in [-0.1, -0.05) is 48.9 Å². The standard InChI is InChI=1S/C14H16Cl2O/c15-12-8-7-11(9-13(12)16)14(17)10-5-3-1-2-4-6-10/h7-10H,1-6H2. The maximum atomic E-state index is 12.3. The lowest BCUT2D eigenvalue weighted by molar-refractivity contribution is 0.0908. The summed E-state index contributed by atoms with van der Waals surface area (Å²) in [4.78, 5) is 12.3. The maximum Gasteiger partial charge on any atom is 0.165 e. The molecule has 0 heterocycles. The first-order chi connectivity index (χ1) is 8.18. The molecule has 92 valence electrons. The van der Waals surface area contributed by atoms with E-state index in [0.29, 0.717) is 15.6 Å². The van der Waals surface area contributed by atoms with Crippen molar-refractivity contribution >= 4 is 29.0 Å². The molecule has 0 aromatic heterocycles. The van der Waals surface area contributed by atoms with Crippen LogP contribution >= 0.6 is 23.2 Å². The fourth-order valence-corrected chi connectivity index (χ4v) is 2.72. The van der Waals surface area contributed by atoms with Crippen LogP contribution in [0.5, 0.6) is 0 Å². The molecule has 0 N–H and O–H groups in total. The van der Waals surface area contributed by atoms with E-state index in [-0.39, 0.29) is 11.7 Å². The summed E-state index contributed by atoms with van der Waals surface area (Å²) < 4.78 is 0. The molecule has 0 amide bonds. The van der Waals surface area contributed by atoms with E-state index in [2.05, 4.69) is 0 Å². The van der Waals surface area contributed by atoms with E-state index in [1.165, 1.54) is 12.8 Å². The summed E-state index contributed by atoms with van der Waals surface area (Å²) in [6.45, 7) is 0. The highest BCUT2D eigenvalue weighted by atomic mass is 35.5. The van der Waals surface area contributed by atoms with Gasteiger partial charge in [0.25, 0.3) is 0 Å². The van der Waals surface area contributed by atoms with Gasteiger partial charge in [-0.15, -0.1) is 0 Å². The minimum atomic E-state index is 0.176. The van der Waals surface area contributed by atoms with Crippen LogP contribution in [0.4, 0.5) is 0 Å². The lowest BCUT2D eigenvalue weighted by Crippen LogP contribution is -2.14. The summed E-state index contributed by atoms with van der Waals surface area (Å²) in [6.07, 6.45) is 6.87.